The third-order valence-electron chi connectivity index (χ3n) is 1.97. The van der Waals surface area contributed by atoms with Crippen LogP contribution in [0.15, 0.2) is 22.8 Å². The maximum absolute atomic E-state index is 5.45. The Morgan fingerprint density at radius 3 is 2.90 bits per heavy atom. The van der Waals surface area contributed by atoms with Crippen molar-refractivity contribution >= 4 is 11.8 Å². The standard InChI is InChI=1S/C8H10OS/c1-5-3-9-7-6(2)4-10-8(5)7/h3-4,7-8H,1-2H3. The summed E-state index contributed by atoms with van der Waals surface area (Å²) >= 11 is 1.87. The molecule has 0 saturated carbocycles. The fourth-order valence-corrected chi connectivity index (χ4v) is 2.52. The Balaban J connectivity index is 2.23. The summed E-state index contributed by atoms with van der Waals surface area (Å²) in [5.74, 6) is 0. The first kappa shape index (κ1) is 6.35. The maximum Gasteiger partial charge on any atom is 0.135 e. The Bertz CT molecular complexity index is 193. The summed E-state index contributed by atoms with van der Waals surface area (Å²) < 4.78 is 5.45. The van der Waals surface area contributed by atoms with E-state index in [4.69, 9.17) is 4.74 Å². The van der Waals surface area contributed by atoms with Crippen LogP contribution in [0, 0.1) is 0 Å². The number of hydrogen-bond acceptors (Lipinski definition) is 2. The Morgan fingerprint density at radius 2 is 2.20 bits per heavy atom. The predicted molar refractivity (Wildman–Crippen MR) is 43.8 cm³/mol. The van der Waals surface area contributed by atoms with Crippen LogP contribution >= 0.6 is 11.8 Å². The molecule has 0 saturated heterocycles. The summed E-state index contributed by atoms with van der Waals surface area (Å²) in [4.78, 5) is 0. The van der Waals surface area contributed by atoms with Crippen LogP contribution < -0.4 is 0 Å². The van der Waals surface area contributed by atoms with E-state index in [-0.39, 0.29) is 0 Å². The van der Waals surface area contributed by atoms with Crippen molar-refractivity contribution in [2.75, 3.05) is 0 Å². The third kappa shape index (κ3) is 0.717. The first-order chi connectivity index (χ1) is 4.79. The lowest BCUT2D eigenvalue weighted by atomic mass is 10.1. The van der Waals surface area contributed by atoms with Gasteiger partial charge in [-0.3, -0.25) is 0 Å². The van der Waals surface area contributed by atoms with Gasteiger partial charge in [-0.15, -0.1) is 11.8 Å². The fourth-order valence-electron chi connectivity index (χ4n) is 1.33. The van der Waals surface area contributed by atoms with Gasteiger partial charge in [-0.2, -0.15) is 0 Å². The van der Waals surface area contributed by atoms with Gasteiger partial charge in [0.15, 0.2) is 0 Å². The van der Waals surface area contributed by atoms with Gasteiger partial charge in [0.05, 0.1) is 11.5 Å². The summed E-state index contributed by atoms with van der Waals surface area (Å²) in [5.41, 5.74) is 2.73. The number of rotatable bonds is 0. The Labute approximate surface area is 65.1 Å². The topological polar surface area (TPSA) is 9.23 Å². The van der Waals surface area contributed by atoms with Crippen molar-refractivity contribution in [3.8, 4) is 0 Å². The minimum Gasteiger partial charge on any atom is -0.492 e. The van der Waals surface area contributed by atoms with Crippen molar-refractivity contribution < 1.29 is 4.74 Å². The molecule has 0 fully saturated rings. The zero-order valence-corrected chi connectivity index (χ0v) is 6.94. The zero-order valence-electron chi connectivity index (χ0n) is 6.13. The van der Waals surface area contributed by atoms with Crippen LogP contribution in [0.3, 0.4) is 0 Å². The van der Waals surface area contributed by atoms with Gasteiger partial charge in [-0.25, -0.2) is 0 Å². The van der Waals surface area contributed by atoms with E-state index in [1.54, 1.807) is 0 Å². The molecule has 10 heavy (non-hydrogen) atoms. The molecule has 2 heteroatoms. The Hall–Kier alpha value is -0.370. The number of fused-ring (bicyclic) bond motifs is 1. The summed E-state index contributed by atoms with van der Waals surface area (Å²) in [5, 5.41) is 2.78. The zero-order chi connectivity index (χ0) is 7.14. The molecular formula is C8H10OS. The molecule has 2 aliphatic heterocycles. The summed E-state index contributed by atoms with van der Waals surface area (Å²) in [6.45, 7) is 4.26. The molecule has 2 heterocycles. The summed E-state index contributed by atoms with van der Waals surface area (Å²) in [6, 6.07) is 0. The molecule has 0 radical (unpaired) electrons. The van der Waals surface area contributed by atoms with Crippen LogP contribution in [-0.4, -0.2) is 11.4 Å². The van der Waals surface area contributed by atoms with Gasteiger partial charge in [0.1, 0.15) is 6.10 Å². The molecule has 0 N–H and O–H groups in total. The lowest BCUT2D eigenvalue weighted by Crippen LogP contribution is -2.16. The van der Waals surface area contributed by atoms with Crippen molar-refractivity contribution in [1.82, 2.24) is 0 Å². The highest BCUT2D eigenvalue weighted by atomic mass is 32.2. The molecule has 0 spiro atoms. The van der Waals surface area contributed by atoms with Crippen molar-refractivity contribution in [3.63, 3.8) is 0 Å². The number of ether oxygens (including phenoxy) is 1. The van der Waals surface area contributed by atoms with E-state index in [0.29, 0.717) is 11.4 Å². The van der Waals surface area contributed by atoms with Gasteiger partial charge < -0.3 is 4.74 Å². The smallest absolute Gasteiger partial charge is 0.135 e. The molecule has 2 rings (SSSR count). The molecule has 0 aliphatic carbocycles. The van der Waals surface area contributed by atoms with Gasteiger partial charge >= 0.3 is 0 Å². The molecular weight excluding hydrogens is 144 g/mol. The average molecular weight is 154 g/mol. The minimum absolute atomic E-state index is 0.352. The van der Waals surface area contributed by atoms with Crippen molar-refractivity contribution in [2.45, 2.75) is 25.2 Å². The van der Waals surface area contributed by atoms with Crippen LogP contribution in [0.5, 0.6) is 0 Å². The fraction of sp³-hybridized carbons (Fsp3) is 0.500. The van der Waals surface area contributed by atoms with Gasteiger partial charge in [0.25, 0.3) is 0 Å². The van der Waals surface area contributed by atoms with E-state index in [0.717, 1.165) is 0 Å². The molecule has 0 aromatic carbocycles. The molecule has 0 bridgehead atoms. The second-order valence-corrected chi connectivity index (χ2v) is 3.85. The third-order valence-corrected chi connectivity index (χ3v) is 3.39. The van der Waals surface area contributed by atoms with E-state index in [2.05, 4.69) is 19.3 Å². The lowest BCUT2D eigenvalue weighted by Gasteiger charge is -2.10. The van der Waals surface area contributed by atoms with Gasteiger partial charge in [-0.1, -0.05) is 0 Å². The summed E-state index contributed by atoms with van der Waals surface area (Å²) in [7, 11) is 0. The van der Waals surface area contributed by atoms with E-state index in [9.17, 15) is 0 Å². The highest BCUT2D eigenvalue weighted by molar-refractivity contribution is 8.03. The predicted octanol–water partition coefficient (Wildman–Crippen LogP) is 2.31. The van der Waals surface area contributed by atoms with Crippen LogP contribution in [0.2, 0.25) is 0 Å². The second-order valence-electron chi connectivity index (χ2n) is 2.84. The van der Waals surface area contributed by atoms with Crippen LogP contribution in [-0.2, 0) is 4.74 Å². The maximum atomic E-state index is 5.45. The molecule has 0 amide bonds. The molecule has 0 aromatic rings. The summed E-state index contributed by atoms with van der Waals surface area (Å²) in [6.07, 6.45) is 2.24. The Kier molecular flexibility index (Phi) is 1.31. The van der Waals surface area contributed by atoms with Crippen LogP contribution in [0.25, 0.3) is 0 Å². The molecule has 2 atom stereocenters. The monoisotopic (exact) mass is 154 g/mol. The average Bonchev–Trinajstić information content (AvgIpc) is 2.41. The van der Waals surface area contributed by atoms with E-state index in [1.165, 1.54) is 11.1 Å². The van der Waals surface area contributed by atoms with E-state index >= 15 is 0 Å². The molecule has 2 aliphatic rings. The number of thioether (sulfide) groups is 1. The van der Waals surface area contributed by atoms with Crippen molar-refractivity contribution in [2.24, 2.45) is 0 Å². The van der Waals surface area contributed by atoms with E-state index < -0.39 is 0 Å². The first-order valence-corrected chi connectivity index (χ1v) is 4.37. The first-order valence-electron chi connectivity index (χ1n) is 3.43. The van der Waals surface area contributed by atoms with E-state index in [1.807, 2.05) is 18.0 Å². The molecule has 1 nitrogen and oxygen atoms in total. The minimum atomic E-state index is 0.352. The molecule has 0 aromatic heterocycles. The normalized spacial score (nSPS) is 36.6. The van der Waals surface area contributed by atoms with Gasteiger partial charge in [-0.05, 0) is 30.4 Å². The quantitative estimate of drug-likeness (QED) is 0.529. The molecule has 2 unspecified atom stereocenters. The highest BCUT2D eigenvalue weighted by Gasteiger charge is 2.34. The van der Waals surface area contributed by atoms with Crippen LogP contribution in [0.1, 0.15) is 13.8 Å². The highest BCUT2D eigenvalue weighted by Crippen LogP contribution is 2.40. The van der Waals surface area contributed by atoms with Gasteiger partial charge in [0, 0.05) is 0 Å². The SMILES string of the molecule is CC1=CSC2C(C)=COC12. The van der Waals surface area contributed by atoms with Gasteiger partial charge in [0.2, 0.25) is 0 Å². The largest absolute Gasteiger partial charge is 0.492 e. The van der Waals surface area contributed by atoms with Crippen molar-refractivity contribution in [1.29, 1.82) is 0 Å². The van der Waals surface area contributed by atoms with Crippen LogP contribution in [0.4, 0.5) is 0 Å². The second kappa shape index (κ2) is 2.06. The molecule has 54 valence electrons. The lowest BCUT2D eigenvalue weighted by molar-refractivity contribution is 0.209. The Morgan fingerprint density at radius 1 is 1.40 bits per heavy atom. The van der Waals surface area contributed by atoms with Crippen molar-refractivity contribution in [3.05, 3.63) is 22.8 Å². The number of hydrogen-bond donors (Lipinski definition) is 0.